The Bertz CT molecular complexity index is 569. The van der Waals surface area contributed by atoms with Crippen molar-refractivity contribution in [3.8, 4) is 0 Å². The number of guanidine groups is 1. The summed E-state index contributed by atoms with van der Waals surface area (Å²) in [6.07, 6.45) is 2.33. The molecule has 3 rings (SSSR count). The largest absolute Gasteiger partial charge is 0.351 e. The second-order valence-electron chi connectivity index (χ2n) is 6.04. The first kappa shape index (κ1) is 14.9. The summed E-state index contributed by atoms with van der Waals surface area (Å²) in [5.41, 5.74) is 2.10. The molecule has 1 aromatic rings. The van der Waals surface area contributed by atoms with Gasteiger partial charge in [0.1, 0.15) is 0 Å². The van der Waals surface area contributed by atoms with Gasteiger partial charge in [0.05, 0.1) is 18.8 Å². The molecule has 2 fully saturated rings. The molecule has 0 bridgehead atoms. The van der Waals surface area contributed by atoms with Gasteiger partial charge in [-0.3, -0.25) is 14.5 Å². The van der Waals surface area contributed by atoms with Crippen molar-refractivity contribution in [1.82, 2.24) is 24.9 Å². The molecule has 7 nitrogen and oxygen atoms in total. The van der Waals surface area contributed by atoms with Crippen LogP contribution in [0.15, 0.2) is 11.1 Å². The lowest BCUT2D eigenvalue weighted by molar-refractivity contribution is -0.135. The topological polar surface area (TPSA) is 65.8 Å². The lowest BCUT2D eigenvalue weighted by Crippen LogP contribution is -2.55. The van der Waals surface area contributed by atoms with Crippen molar-refractivity contribution in [2.75, 3.05) is 26.7 Å². The number of aliphatic imine (C=N–C) groups is 1. The molecule has 0 spiro atoms. The van der Waals surface area contributed by atoms with Crippen molar-refractivity contribution in [3.63, 3.8) is 0 Å². The molecular weight excluding hydrogens is 280 g/mol. The van der Waals surface area contributed by atoms with E-state index in [9.17, 15) is 4.79 Å². The van der Waals surface area contributed by atoms with Gasteiger partial charge in [0.15, 0.2) is 5.96 Å². The van der Waals surface area contributed by atoms with Crippen LogP contribution >= 0.6 is 0 Å². The van der Waals surface area contributed by atoms with Crippen LogP contribution in [-0.2, 0) is 18.4 Å². The van der Waals surface area contributed by atoms with E-state index >= 15 is 0 Å². The predicted octanol–water partition coefficient (Wildman–Crippen LogP) is 0.111. The maximum Gasteiger partial charge on any atom is 0.242 e. The highest BCUT2D eigenvalue weighted by molar-refractivity contribution is 5.87. The minimum absolute atomic E-state index is 0.213. The summed E-state index contributed by atoms with van der Waals surface area (Å²) < 4.78 is 1.86. The molecule has 2 aliphatic rings. The standard InChI is InChI=1S/C15H24N6O/c1-11-8-12(18-19(11)3)9-17-15(16-2)20-6-7-21(13-4-5-13)14(22)10-20/h8,13H,4-7,9-10H2,1-3H3,(H,16,17). The van der Waals surface area contributed by atoms with E-state index in [0.717, 1.165) is 43.3 Å². The SMILES string of the molecule is CN=C(NCc1cc(C)n(C)n1)N1CCN(C2CC2)C(=O)C1. The number of hydrogen-bond donors (Lipinski definition) is 1. The van der Waals surface area contributed by atoms with E-state index in [-0.39, 0.29) is 5.91 Å². The van der Waals surface area contributed by atoms with E-state index < -0.39 is 0 Å². The lowest BCUT2D eigenvalue weighted by Gasteiger charge is -2.36. The van der Waals surface area contributed by atoms with Crippen LogP contribution in [0, 0.1) is 6.92 Å². The Balaban J connectivity index is 1.56. The van der Waals surface area contributed by atoms with Gasteiger partial charge in [-0.1, -0.05) is 0 Å². The van der Waals surface area contributed by atoms with E-state index in [1.165, 1.54) is 0 Å². The van der Waals surface area contributed by atoms with Gasteiger partial charge < -0.3 is 15.1 Å². The van der Waals surface area contributed by atoms with Crippen LogP contribution in [0.5, 0.6) is 0 Å². The number of aryl methyl sites for hydroxylation is 2. The molecule has 7 heteroatoms. The van der Waals surface area contributed by atoms with Crippen molar-refractivity contribution in [3.05, 3.63) is 17.5 Å². The Morgan fingerprint density at radius 2 is 2.23 bits per heavy atom. The molecule has 1 amide bonds. The zero-order valence-corrected chi connectivity index (χ0v) is 13.5. The Morgan fingerprint density at radius 1 is 1.45 bits per heavy atom. The van der Waals surface area contributed by atoms with Crippen molar-refractivity contribution in [2.45, 2.75) is 32.4 Å². The molecule has 1 saturated carbocycles. The van der Waals surface area contributed by atoms with E-state index in [4.69, 9.17) is 0 Å². The second-order valence-corrected chi connectivity index (χ2v) is 6.04. The fraction of sp³-hybridized carbons (Fsp3) is 0.667. The summed E-state index contributed by atoms with van der Waals surface area (Å²) in [4.78, 5) is 20.6. The number of piperazine rings is 1. The summed E-state index contributed by atoms with van der Waals surface area (Å²) in [6, 6.07) is 2.55. The number of carbonyl (C=O) groups is 1. The van der Waals surface area contributed by atoms with Crippen molar-refractivity contribution in [2.24, 2.45) is 12.0 Å². The normalized spacial score (nSPS) is 19.8. The van der Waals surface area contributed by atoms with Crippen LogP contribution < -0.4 is 5.32 Å². The first-order valence-corrected chi connectivity index (χ1v) is 7.83. The van der Waals surface area contributed by atoms with Gasteiger partial charge in [0, 0.05) is 38.9 Å². The predicted molar refractivity (Wildman–Crippen MR) is 84.5 cm³/mol. The first-order chi connectivity index (χ1) is 10.6. The number of nitrogens with zero attached hydrogens (tertiary/aromatic N) is 5. The molecule has 22 heavy (non-hydrogen) atoms. The van der Waals surface area contributed by atoms with Gasteiger partial charge >= 0.3 is 0 Å². The van der Waals surface area contributed by atoms with Crippen LogP contribution in [0.25, 0.3) is 0 Å². The third-order valence-electron chi connectivity index (χ3n) is 4.35. The molecule has 1 saturated heterocycles. The third kappa shape index (κ3) is 3.08. The van der Waals surface area contributed by atoms with Crippen LogP contribution in [0.4, 0.5) is 0 Å². The zero-order valence-electron chi connectivity index (χ0n) is 13.5. The average Bonchev–Trinajstić information content (AvgIpc) is 3.27. The number of amides is 1. The van der Waals surface area contributed by atoms with Crippen LogP contribution in [0.3, 0.4) is 0 Å². The highest BCUT2D eigenvalue weighted by atomic mass is 16.2. The minimum atomic E-state index is 0.213. The summed E-state index contributed by atoms with van der Waals surface area (Å²) in [7, 11) is 3.69. The fourth-order valence-electron chi connectivity index (χ4n) is 2.86. The van der Waals surface area contributed by atoms with E-state index in [2.05, 4.69) is 21.5 Å². The van der Waals surface area contributed by atoms with Crippen LogP contribution in [-0.4, -0.2) is 64.2 Å². The molecule has 1 N–H and O–H groups in total. The summed E-state index contributed by atoms with van der Waals surface area (Å²) in [5.74, 6) is 0.984. The Kier molecular flexibility index (Phi) is 4.04. The van der Waals surface area contributed by atoms with Gasteiger partial charge in [0.25, 0.3) is 0 Å². The quantitative estimate of drug-likeness (QED) is 0.636. The van der Waals surface area contributed by atoms with Gasteiger partial charge in [-0.2, -0.15) is 5.10 Å². The Labute approximate surface area is 131 Å². The maximum absolute atomic E-state index is 12.2. The number of aromatic nitrogens is 2. The monoisotopic (exact) mass is 304 g/mol. The van der Waals surface area contributed by atoms with Gasteiger partial charge in [-0.15, -0.1) is 0 Å². The molecule has 0 atom stereocenters. The highest BCUT2D eigenvalue weighted by Gasteiger charge is 2.36. The Morgan fingerprint density at radius 3 is 2.77 bits per heavy atom. The highest BCUT2D eigenvalue weighted by Crippen LogP contribution is 2.27. The van der Waals surface area contributed by atoms with Crippen molar-refractivity contribution >= 4 is 11.9 Å². The molecule has 1 aliphatic heterocycles. The summed E-state index contributed by atoms with van der Waals surface area (Å²) in [5, 5.41) is 7.73. The zero-order chi connectivity index (χ0) is 15.7. The minimum Gasteiger partial charge on any atom is -0.351 e. The summed E-state index contributed by atoms with van der Waals surface area (Å²) >= 11 is 0. The van der Waals surface area contributed by atoms with Crippen molar-refractivity contribution in [1.29, 1.82) is 0 Å². The molecule has 120 valence electrons. The fourth-order valence-corrected chi connectivity index (χ4v) is 2.86. The second kappa shape index (κ2) is 5.98. The molecule has 0 aromatic carbocycles. The first-order valence-electron chi connectivity index (χ1n) is 7.83. The molecule has 0 radical (unpaired) electrons. The summed E-state index contributed by atoms with van der Waals surface area (Å²) in [6.45, 7) is 4.69. The maximum atomic E-state index is 12.2. The lowest BCUT2D eigenvalue weighted by atomic mass is 10.3. The average molecular weight is 304 g/mol. The van der Waals surface area contributed by atoms with Crippen LogP contribution in [0.1, 0.15) is 24.2 Å². The van der Waals surface area contributed by atoms with Crippen LogP contribution in [0.2, 0.25) is 0 Å². The molecular formula is C15H24N6O. The van der Waals surface area contributed by atoms with Gasteiger partial charge in [-0.05, 0) is 25.8 Å². The number of hydrogen-bond acceptors (Lipinski definition) is 3. The molecule has 0 unspecified atom stereocenters. The van der Waals surface area contributed by atoms with Gasteiger partial charge in [-0.25, -0.2) is 0 Å². The van der Waals surface area contributed by atoms with E-state index in [1.807, 2.05) is 28.5 Å². The number of nitrogens with one attached hydrogen (secondary N) is 1. The third-order valence-corrected chi connectivity index (χ3v) is 4.35. The van der Waals surface area contributed by atoms with Crippen molar-refractivity contribution < 1.29 is 4.79 Å². The smallest absolute Gasteiger partial charge is 0.242 e. The molecule has 2 heterocycles. The van der Waals surface area contributed by atoms with E-state index in [0.29, 0.717) is 19.1 Å². The Hall–Kier alpha value is -2.05. The number of rotatable bonds is 3. The molecule has 1 aliphatic carbocycles. The number of carbonyl (C=O) groups excluding carboxylic acids is 1. The van der Waals surface area contributed by atoms with Gasteiger partial charge in [0.2, 0.25) is 5.91 Å². The van der Waals surface area contributed by atoms with E-state index in [1.54, 1.807) is 7.05 Å². The molecule has 1 aromatic heterocycles.